The summed E-state index contributed by atoms with van der Waals surface area (Å²) in [5.74, 6) is 0.0672. The molecule has 0 radical (unpaired) electrons. The van der Waals surface area contributed by atoms with Gasteiger partial charge in [-0.3, -0.25) is 4.79 Å². The molecule has 21 heavy (non-hydrogen) atoms. The standard InChI is InChI=1S/C16H27N3O.ClH/c1-5-19-12(2)10-14(13(19)3)15(20)18-11-16(4)6-8-17-9-7-16;/h10,17H,5-9,11H2,1-4H3,(H,18,20);1H. The monoisotopic (exact) mass is 313 g/mol. The predicted octanol–water partition coefficient (Wildman–Crippen LogP) is 2.67. The highest BCUT2D eigenvalue weighted by atomic mass is 35.5. The van der Waals surface area contributed by atoms with E-state index in [0.29, 0.717) is 0 Å². The van der Waals surface area contributed by atoms with Crippen molar-refractivity contribution >= 4 is 18.3 Å². The second-order valence-electron chi connectivity index (χ2n) is 6.27. The maximum Gasteiger partial charge on any atom is 0.253 e. The lowest BCUT2D eigenvalue weighted by molar-refractivity contribution is 0.0921. The number of piperidine rings is 1. The van der Waals surface area contributed by atoms with Crippen LogP contribution in [-0.4, -0.2) is 30.1 Å². The molecule has 120 valence electrons. The summed E-state index contributed by atoms with van der Waals surface area (Å²) in [7, 11) is 0. The third kappa shape index (κ3) is 4.01. The van der Waals surface area contributed by atoms with Gasteiger partial charge in [0, 0.05) is 24.5 Å². The molecule has 0 aliphatic carbocycles. The van der Waals surface area contributed by atoms with E-state index in [0.717, 1.165) is 56.0 Å². The Morgan fingerprint density at radius 1 is 1.38 bits per heavy atom. The van der Waals surface area contributed by atoms with Gasteiger partial charge < -0.3 is 15.2 Å². The zero-order valence-electron chi connectivity index (χ0n) is 13.6. The van der Waals surface area contributed by atoms with Gasteiger partial charge in [0.15, 0.2) is 0 Å². The number of nitrogens with zero attached hydrogens (tertiary/aromatic N) is 1. The first kappa shape index (κ1) is 18.1. The second kappa shape index (κ2) is 7.32. The van der Waals surface area contributed by atoms with Gasteiger partial charge in [-0.25, -0.2) is 0 Å². The Balaban J connectivity index is 0.00000220. The summed E-state index contributed by atoms with van der Waals surface area (Å²) >= 11 is 0. The molecule has 0 unspecified atom stereocenters. The van der Waals surface area contributed by atoms with E-state index in [4.69, 9.17) is 0 Å². The molecule has 1 amide bonds. The van der Waals surface area contributed by atoms with Crippen molar-refractivity contribution < 1.29 is 4.79 Å². The summed E-state index contributed by atoms with van der Waals surface area (Å²) in [5.41, 5.74) is 3.28. The van der Waals surface area contributed by atoms with Gasteiger partial charge in [-0.1, -0.05) is 6.92 Å². The van der Waals surface area contributed by atoms with Crippen LogP contribution in [-0.2, 0) is 6.54 Å². The average Bonchev–Trinajstić information content (AvgIpc) is 2.72. The fraction of sp³-hybridized carbons (Fsp3) is 0.688. The van der Waals surface area contributed by atoms with Crippen LogP contribution in [0.4, 0.5) is 0 Å². The fourth-order valence-electron chi connectivity index (χ4n) is 3.11. The number of hydrogen-bond donors (Lipinski definition) is 2. The molecule has 1 saturated heterocycles. The third-order valence-electron chi connectivity index (χ3n) is 4.62. The van der Waals surface area contributed by atoms with Crippen molar-refractivity contribution in [2.24, 2.45) is 5.41 Å². The summed E-state index contributed by atoms with van der Waals surface area (Å²) in [6, 6.07) is 2.00. The largest absolute Gasteiger partial charge is 0.351 e. The molecule has 2 heterocycles. The zero-order valence-corrected chi connectivity index (χ0v) is 14.4. The van der Waals surface area contributed by atoms with Crippen molar-refractivity contribution in [2.75, 3.05) is 19.6 Å². The Kier molecular flexibility index (Phi) is 6.29. The van der Waals surface area contributed by atoms with E-state index in [1.807, 2.05) is 13.0 Å². The van der Waals surface area contributed by atoms with Gasteiger partial charge in [-0.05, 0) is 58.2 Å². The number of rotatable bonds is 4. The molecule has 1 fully saturated rings. The topological polar surface area (TPSA) is 46.1 Å². The van der Waals surface area contributed by atoms with E-state index in [1.165, 1.54) is 0 Å². The lowest BCUT2D eigenvalue weighted by atomic mass is 9.81. The number of halogens is 1. The Hall–Kier alpha value is -1.00. The van der Waals surface area contributed by atoms with Crippen LogP contribution in [0.3, 0.4) is 0 Å². The van der Waals surface area contributed by atoms with Crippen molar-refractivity contribution in [3.05, 3.63) is 23.0 Å². The minimum Gasteiger partial charge on any atom is -0.351 e. The van der Waals surface area contributed by atoms with Gasteiger partial charge in [0.25, 0.3) is 5.91 Å². The molecular formula is C16H28ClN3O. The molecule has 5 heteroatoms. The minimum absolute atomic E-state index is 0. The first-order valence-electron chi connectivity index (χ1n) is 7.62. The van der Waals surface area contributed by atoms with Gasteiger partial charge in [0.2, 0.25) is 0 Å². The van der Waals surface area contributed by atoms with Gasteiger partial charge in [-0.15, -0.1) is 12.4 Å². The van der Waals surface area contributed by atoms with Gasteiger partial charge in [-0.2, -0.15) is 0 Å². The van der Waals surface area contributed by atoms with Crippen LogP contribution in [0.2, 0.25) is 0 Å². The van der Waals surface area contributed by atoms with Crippen LogP contribution in [0, 0.1) is 19.3 Å². The number of hydrogen-bond acceptors (Lipinski definition) is 2. The summed E-state index contributed by atoms with van der Waals surface area (Å²) < 4.78 is 2.18. The van der Waals surface area contributed by atoms with E-state index in [1.54, 1.807) is 0 Å². The Bertz CT molecular complexity index is 490. The highest BCUT2D eigenvalue weighted by molar-refractivity contribution is 5.95. The maximum absolute atomic E-state index is 12.4. The van der Waals surface area contributed by atoms with Crippen LogP contribution in [0.5, 0.6) is 0 Å². The molecule has 0 saturated carbocycles. The molecule has 0 bridgehead atoms. The molecular weight excluding hydrogens is 286 g/mol. The zero-order chi connectivity index (χ0) is 14.8. The number of amides is 1. The molecule has 0 aromatic carbocycles. The van der Waals surface area contributed by atoms with Gasteiger partial charge >= 0.3 is 0 Å². The first-order valence-corrected chi connectivity index (χ1v) is 7.62. The molecule has 4 nitrogen and oxygen atoms in total. The molecule has 0 spiro atoms. The molecule has 2 rings (SSSR count). The highest BCUT2D eigenvalue weighted by Crippen LogP contribution is 2.27. The van der Waals surface area contributed by atoms with Crippen LogP contribution in [0.25, 0.3) is 0 Å². The van der Waals surface area contributed by atoms with Crippen molar-refractivity contribution in [2.45, 2.75) is 47.1 Å². The minimum atomic E-state index is 0. The average molecular weight is 314 g/mol. The third-order valence-corrected chi connectivity index (χ3v) is 4.62. The second-order valence-corrected chi connectivity index (χ2v) is 6.27. The number of carbonyl (C=O) groups is 1. The van der Waals surface area contributed by atoms with Crippen LogP contribution >= 0.6 is 12.4 Å². The summed E-state index contributed by atoms with van der Waals surface area (Å²) in [6.45, 7) is 12.2. The summed E-state index contributed by atoms with van der Waals surface area (Å²) in [4.78, 5) is 12.4. The number of nitrogens with one attached hydrogen (secondary N) is 2. The summed E-state index contributed by atoms with van der Waals surface area (Å²) in [6.07, 6.45) is 2.25. The SMILES string of the molecule is CCn1c(C)cc(C(=O)NCC2(C)CCNCC2)c1C.Cl. The molecule has 1 aromatic heterocycles. The maximum atomic E-state index is 12.4. The van der Waals surface area contributed by atoms with Crippen molar-refractivity contribution in [1.82, 2.24) is 15.2 Å². The van der Waals surface area contributed by atoms with E-state index < -0.39 is 0 Å². The number of aryl methyl sites for hydroxylation is 1. The van der Waals surface area contributed by atoms with E-state index in [-0.39, 0.29) is 23.7 Å². The number of carbonyl (C=O) groups excluding carboxylic acids is 1. The van der Waals surface area contributed by atoms with Crippen LogP contribution < -0.4 is 10.6 Å². The lowest BCUT2D eigenvalue weighted by Crippen LogP contribution is -2.43. The van der Waals surface area contributed by atoms with Crippen molar-refractivity contribution in [1.29, 1.82) is 0 Å². The quantitative estimate of drug-likeness (QED) is 0.897. The van der Waals surface area contributed by atoms with Crippen molar-refractivity contribution in [3.63, 3.8) is 0 Å². The smallest absolute Gasteiger partial charge is 0.253 e. The normalized spacial score (nSPS) is 17.1. The van der Waals surface area contributed by atoms with E-state index in [2.05, 4.69) is 36.0 Å². The Morgan fingerprint density at radius 3 is 2.52 bits per heavy atom. The van der Waals surface area contributed by atoms with Crippen LogP contribution in [0.15, 0.2) is 6.07 Å². The molecule has 1 aromatic rings. The number of aromatic nitrogens is 1. The fourth-order valence-corrected chi connectivity index (χ4v) is 3.11. The van der Waals surface area contributed by atoms with E-state index >= 15 is 0 Å². The Morgan fingerprint density at radius 2 is 2.00 bits per heavy atom. The predicted molar refractivity (Wildman–Crippen MR) is 89.4 cm³/mol. The van der Waals surface area contributed by atoms with Crippen molar-refractivity contribution in [3.8, 4) is 0 Å². The molecule has 1 aliphatic heterocycles. The molecule has 2 N–H and O–H groups in total. The molecule has 1 aliphatic rings. The lowest BCUT2D eigenvalue weighted by Gasteiger charge is -2.34. The van der Waals surface area contributed by atoms with Gasteiger partial charge in [0.05, 0.1) is 5.56 Å². The highest BCUT2D eigenvalue weighted by Gasteiger charge is 2.27. The Labute approximate surface area is 134 Å². The van der Waals surface area contributed by atoms with Crippen LogP contribution in [0.1, 0.15) is 48.4 Å². The summed E-state index contributed by atoms with van der Waals surface area (Å²) in [5, 5.41) is 6.51. The van der Waals surface area contributed by atoms with Gasteiger partial charge in [0.1, 0.15) is 0 Å². The molecule has 0 atom stereocenters. The first-order chi connectivity index (χ1) is 9.47. The van der Waals surface area contributed by atoms with E-state index in [9.17, 15) is 4.79 Å².